The Labute approximate surface area is 118 Å². The number of aromatic nitrogens is 3. The van der Waals surface area contributed by atoms with Crippen molar-refractivity contribution in [3.63, 3.8) is 0 Å². The molecule has 0 fully saturated rings. The van der Waals surface area contributed by atoms with Crippen LogP contribution >= 0.6 is 12.2 Å². The van der Waals surface area contributed by atoms with Gasteiger partial charge < -0.3 is 10.6 Å². The van der Waals surface area contributed by atoms with Crippen LogP contribution in [0.4, 0.5) is 19.0 Å². The second-order valence-corrected chi connectivity index (χ2v) is 4.27. The molecule has 6 nitrogen and oxygen atoms in total. The van der Waals surface area contributed by atoms with Crippen molar-refractivity contribution >= 4 is 23.1 Å². The summed E-state index contributed by atoms with van der Waals surface area (Å²) in [4.78, 5) is 1.39. The quantitative estimate of drug-likeness (QED) is 0.616. The van der Waals surface area contributed by atoms with Crippen LogP contribution in [0.5, 0.6) is 0 Å². The van der Waals surface area contributed by atoms with E-state index in [0.717, 1.165) is 12.8 Å². The molecular weight excluding hydrogens is 293 g/mol. The highest BCUT2D eigenvalue weighted by Gasteiger charge is 2.27. The van der Waals surface area contributed by atoms with Crippen molar-refractivity contribution in [1.29, 1.82) is 5.26 Å². The molecule has 10 heteroatoms. The molecule has 0 spiro atoms. The van der Waals surface area contributed by atoms with E-state index in [1.165, 1.54) is 11.0 Å². The number of hydrogen-bond acceptors (Lipinski definition) is 4. The van der Waals surface area contributed by atoms with E-state index in [4.69, 9.17) is 17.5 Å². The molecule has 110 valence electrons. The lowest BCUT2D eigenvalue weighted by Gasteiger charge is -2.10. The van der Waals surface area contributed by atoms with Gasteiger partial charge in [0, 0.05) is 6.42 Å². The first kappa shape index (κ1) is 16.2. The van der Waals surface area contributed by atoms with Gasteiger partial charge in [-0.25, -0.2) is 0 Å². The van der Waals surface area contributed by atoms with Gasteiger partial charge in [0.15, 0.2) is 10.9 Å². The summed E-state index contributed by atoms with van der Waals surface area (Å²) >= 11 is 4.70. The summed E-state index contributed by atoms with van der Waals surface area (Å²) in [7, 11) is 0. The van der Waals surface area contributed by atoms with Gasteiger partial charge in [0.2, 0.25) is 0 Å². The van der Waals surface area contributed by atoms with Gasteiger partial charge in [0.25, 0.3) is 0 Å². The lowest BCUT2D eigenvalue weighted by molar-refractivity contribution is -0.121. The zero-order valence-electron chi connectivity index (χ0n) is 10.4. The van der Waals surface area contributed by atoms with Crippen molar-refractivity contribution in [1.82, 2.24) is 20.3 Å². The molecule has 0 aromatic carbocycles. The van der Waals surface area contributed by atoms with Crippen molar-refractivity contribution in [3.05, 3.63) is 6.20 Å². The van der Waals surface area contributed by atoms with E-state index in [9.17, 15) is 13.2 Å². The maximum absolute atomic E-state index is 12.0. The standard InChI is InChI=1S/C10H13F3N6S/c11-10(12,13)7-15-9(20)17-8-6-16-19(18-8)5-3-1-2-4-14/h6H,1-3,5,7H2,(H2,15,17,18,20). The van der Waals surface area contributed by atoms with Gasteiger partial charge in [-0.05, 0) is 25.1 Å². The third-order valence-electron chi connectivity index (χ3n) is 2.12. The fraction of sp³-hybridized carbons (Fsp3) is 0.600. The van der Waals surface area contributed by atoms with E-state index in [2.05, 4.69) is 15.5 Å². The molecule has 1 aromatic heterocycles. The van der Waals surface area contributed by atoms with Crippen LogP contribution < -0.4 is 10.6 Å². The van der Waals surface area contributed by atoms with Gasteiger partial charge in [-0.2, -0.15) is 28.3 Å². The summed E-state index contributed by atoms with van der Waals surface area (Å²) in [5, 5.41) is 20.7. The average molecular weight is 306 g/mol. The molecule has 1 heterocycles. The summed E-state index contributed by atoms with van der Waals surface area (Å²) in [5.74, 6) is 0.268. The number of nitriles is 1. The van der Waals surface area contributed by atoms with Crippen molar-refractivity contribution < 1.29 is 13.2 Å². The molecule has 20 heavy (non-hydrogen) atoms. The molecule has 0 radical (unpaired) electrons. The van der Waals surface area contributed by atoms with Crippen LogP contribution in [-0.4, -0.2) is 32.8 Å². The first-order valence-corrected chi connectivity index (χ1v) is 6.20. The van der Waals surface area contributed by atoms with Gasteiger partial charge in [0.1, 0.15) is 6.54 Å². The summed E-state index contributed by atoms with van der Waals surface area (Å²) in [6.07, 6.45) is -1.00. The molecule has 1 rings (SSSR count). The number of thiocarbonyl (C=S) groups is 1. The number of aryl methyl sites for hydroxylation is 1. The number of hydrogen-bond donors (Lipinski definition) is 2. The second kappa shape index (κ2) is 7.64. The zero-order valence-corrected chi connectivity index (χ0v) is 11.3. The Balaban J connectivity index is 2.32. The first-order chi connectivity index (χ1) is 9.40. The molecule has 0 saturated carbocycles. The minimum Gasteiger partial charge on any atom is -0.353 e. The van der Waals surface area contributed by atoms with Crippen LogP contribution in [-0.2, 0) is 6.54 Å². The molecule has 0 atom stereocenters. The fourth-order valence-electron chi connectivity index (χ4n) is 1.26. The summed E-state index contributed by atoms with van der Waals surface area (Å²) < 4.78 is 35.9. The number of halogens is 3. The van der Waals surface area contributed by atoms with Crippen LogP contribution in [0.2, 0.25) is 0 Å². The SMILES string of the molecule is N#CCCCCn1ncc(NC(=S)NCC(F)(F)F)n1. The monoisotopic (exact) mass is 306 g/mol. The highest BCUT2D eigenvalue weighted by Crippen LogP contribution is 2.12. The van der Waals surface area contributed by atoms with Crippen LogP contribution in [0.1, 0.15) is 19.3 Å². The van der Waals surface area contributed by atoms with Crippen molar-refractivity contribution in [3.8, 4) is 6.07 Å². The Morgan fingerprint density at radius 2 is 2.20 bits per heavy atom. The van der Waals surface area contributed by atoms with Crippen molar-refractivity contribution in [2.24, 2.45) is 0 Å². The normalized spacial score (nSPS) is 10.9. The van der Waals surface area contributed by atoms with E-state index in [-0.39, 0.29) is 10.9 Å². The molecule has 2 N–H and O–H groups in total. The van der Waals surface area contributed by atoms with Gasteiger partial charge in [-0.1, -0.05) is 0 Å². The number of rotatable bonds is 6. The van der Waals surface area contributed by atoms with E-state index >= 15 is 0 Å². The molecule has 0 aliphatic heterocycles. The van der Waals surface area contributed by atoms with Gasteiger partial charge in [0.05, 0.1) is 18.8 Å². The van der Waals surface area contributed by atoms with Gasteiger partial charge >= 0.3 is 6.18 Å². The Bertz CT molecular complexity index is 478. The minimum absolute atomic E-state index is 0.168. The average Bonchev–Trinajstić information content (AvgIpc) is 2.79. The number of nitrogens with one attached hydrogen (secondary N) is 2. The molecule has 1 aromatic rings. The third-order valence-corrected chi connectivity index (χ3v) is 2.37. The summed E-state index contributed by atoms with van der Waals surface area (Å²) in [5.41, 5.74) is 0. The van der Waals surface area contributed by atoms with E-state index < -0.39 is 12.7 Å². The summed E-state index contributed by atoms with van der Waals surface area (Å²) in [6, 6.07) is 2.03. The molecule has 0 amide bonds. The highest BCUT2D eigenvalue weighted by molar-refractivity contribution is 7.80. The Morgan fingerprint density at radius 3 is 2.85 bits per heavy atom. The lowest BCUT2D eigenvalue weighted by Crippen LogP contribution is -2.36. The lowest BCUT2D eigenvalue weighted by atomic mass is 10.2. The van der Waals surface area contributed by atoms with Crippen molar-refractivity contribution in [2.75, 3.05) is 11.9 Å². The van der Waals surface area contributed by atoms with Gasteiger partial charge in [-0.3, -0.25) is 0 Å². The number of unbranched alkanes of at least 4 members (excludes halogenated alkanes) is 2. The van der Waals surface area contributed by atoms with E-state index in [0.29, 0.717) is 13.0 Å². The molecular formula is C10H13F3N6S. The largest absolute Gasteiger partial charge is 0.405 e. The fourth-order valence-corrected chi connectivity index (χ4v) is 1.44. The molecule has 0 saturated heterocycles. The van der Waals surface area contributed by atoms with E-state index in [1.807, 2.05) is 11.4 Å². The topological polar surface area (TPSA) is 78.6 Å². The zero-order chi connectivity index (χ0) is 15.0. The van der Waals surface area contributed by atoms with Gasteiger partial charge in [-0.15, -0.1) is 5.10 Å². The van der Waals surface area contributed by atoms with Crippen molar-refractivity contribution in [2.45, 2.75) is 32.0 Å². The minimum atomic E-state index is -4.33. The van der Waals surface area contributed by atoms with Crippen LogP contribution in [0, 0.1) is 11.3 Å². The predicted octanol–water partition coefficient (Wildman–Crippen LogP) is 1.82. The Kier molecular flexibility index (Phi) is 6.17. The van der Waals surface area contributed by atoms with Crippen LogP contribution in [0.15, 0.2) is 6.20 Å². The second-order valence-electron chi connectivity index (χ2n) is 3.86. The predicted molar refractivity (Wildman–Crippen MR) is 69.8 cm³/mol. The smallest absolute Gasteiger partial charge is 0.353 e. The summed E-state index contributed by atoms with van der Waals surface area (Å²) in [6.45, 7) is -0.673. The number of nitrogens with zero attached hydrogens (tertiary/aromatic N) is 4. The molecule has 0 unspecified atom stereocenters. The molecule has 0 aliphatic rings. The number of alkyl halides is 3. The molecule has 0 bridgehead atoms. The Hall–Kier alpha value is -1.89. The Morgan fingerprint density at radius 1 is 1.45 bits per heavy atom. The molecule has 0 aliphatic carbocycles. The number of anilines is 1. The maximum Gasteiger partial charge on any atom is 0.405 e. The maximum atomic E-state index is 12.0. The third kappa shape index (κ3) is 6.89. The van der Waals surface area contributed by atoms with E-state index in [1.54, 1.807) is 0 Å². The first-order valence-electron chi connectivity index (χ1n) is 5.79. The highest BCUT2D eigenvalue weighted by atomic mass is 32.1. The van der Waals surface area contributed by atoms with Crippen LogP contribution in [0.3, 0.4) is 0 Å². The van der Waals surface area contributed by atoms with Crippen LogP contribution in [0.25, 0.3) is 0 Å².